The van der Waals surface area contributed by atoms with Crippen molar-refractivity contribution < 1.29 is 13.9 Å². The number of hydrazone groups is 1. The molecule has 2 aliphatic heterocycles. The summed E-state index contributed by atoms with van der Waals surface area (Å²) in [4.78, 5) is 13.0. The molecule has 0 aliphatic carbocycles. The van der Waals surface area contributed by atoms with Crippen LogP contribution in [-0.2, 0) is 9.53 Å². The van der Waals surface area contributed by atoms with E-state index in [1.54, 1.807) is 6.07 Å². The topological polar surface area (TPSA) is 41.9 Å². The van der Waals surface area contributed by atoms with Crippen LogP contribution in [0.5, 0.6) is 0 Å². The quantitative estimate of drug-likeness (QED) is 0.838. The number of carbonyl (C=O) groups is 1. The van der Waals surface area contributed by atoms with Gasteiger partial charge in [0.2, 0.25) is 0 Å². The molecule has 0 unspecified atom stereocenters. The van der Waals surface area contributed by atoms with Crippen molar-refractivity contribution in [1.29, 1.82) is 0 Å². The molecule has 2 atom stereocenters. The Balaban J connectivity index is 1.69. The molecule has 5 heteroatoms. The Morgan fingerprint density at radius 3 is 2.81 bits per heavy atom. The largest absolute Gasteiger partial charge is 0.368 e. The fraction of sp³-hybridized carbons (Fsp3) is 0.333. The molecule has 1 saturated heterocycles. The number of nitrogens with zero attached hydrogens (tertiary/aromatic N) is 2. The second-order valence-corrected chi connectivity index (χ2v) is 6.88. The lowest BCUT2D eigenvalue weighted by atomic mass is 9.97. The summed E-state index contributed by atoms with van der Waals surface area (Å²) < 4.78 is 19.3. The molecular weight excluding hydrogens is 331 g/mol. The maximum absolute atomic E-state index is 13.8. The number of hydrogen-bond acceptors (Lipinski definition) is 3. The van der Waals surface area contributed by atoms with Gasteiger partial charge < -0.3 is 4.74 Å². The first-order valence-corrected chi connectivity index (χ1v) is 8.96. The first-order chi connectivity index (χ1) is 12.6. The van der Waals surface area contributed by atoms with Gasteiger partial charge in [-0.05, 0) is 43.0 Å². The standard InChI is InChI=1S/C21H21FN2O2/c1-14-5-2-6-15(11-14)18-13-19(16-7-3-8-17(22)12-16)24(23-18)21(25)20-9-4-10-26-20/h2-3,5-8,11-12,19-20H,4,9-10,13H2,1H3/t19-,20-/m1/s1. The molecular formula is C21H21FN2O2. The van der Waals surface area contributed by atoms with Crippen molar-refractivity contribution in [2.75, 3.05) is 6.61 Å². The third-order valence-corrected chi connectivity index (χ3v) is 4.93. The third-order valence-electron chi connectivity index (χ3n) is 4.93. The van der Waals surface area contributed by atoms with Crippen molar-refractivity contribution in [3.05, 3.63) is 71.0 Å². The van der Waals surface area contributed by atoms with E-state index < -0.39 is 6.10 Å². The highest BCUT2D eigenvalue weighted by molar-refractivity contribution is 6.03. The molecule has 26 heavy (non-hydrogen) atoms. The molecule has 0 N–H and O–H groups in total. The van der Waals surface area contributed by atoms with Gasteiger partial charge in [0.15, 0.2) is 0 Å². The van der Waals surface area contributed by atoms with Gasteiger partial charge in [-0.1, -0.05) is 42.0 Å². The molecule has 1 fully saturated rings. The third kappa shape index (κ3) is 3.27. The molecule has 0 saturated carbocycles. The van der Waals surface area contributed by atoms with Gasteiger partial charge in [0, 0.05) is 13.0 Å². The van der Waals surface area contributed by atoms with Crippen molar-refractivity contribution in [2.45, 2.75) is 38.3 Å². The van der Waals surface area contributed by atoms with Gasteiger partial charge in [-0.3, -0.25) is 4.79 Å². The summed E-state index contributed by atoms with van der Waals surface area (Å²) in [7, 11) is 0. The van der Waals surface area contributed by atoms with E-state index in [9.17, 15) is 9.18 Å². The molecule has 2 aromatic carbocycles. The number of ether oxygens (including phenoxy) is 1. The molecule has 0 aromatic heterocycles. The van der Waals surface area contributed by atoms with Crippen LogP contribution in [0, 0.1) is 12.7 Å². The molecule has 134 valence electrons. The number of rotatable bonds is 3. The van der Waals surface area contributed by atoms with Crippen LogP contribution >= 0.6 is 0 Å². The van der Waals surface area contributed by atoms with Crippen LogP contribution in [0.4, 0.5) is 4.39 Å². The summed E-state index contributed by atoms with van der Waals surface area (Å²) >= 11 is 0. The van der Waals surface area contributed by atoms with E-state index in [1.165, 1.54) is 17.1 Å². The summed E-state index contributed by atoms with van der Waals surface area (Å²) in [6.07, 6.45) is 1.70. The summed E-state index contributed by atoms with van der Waals surface area (Å²) in [5, 5.41) is 6.13. The number of benzene rings is 2. The minimum atomic E-state index is -0.452. The Bertz CT molecular complexity index is 859. The lowest BCUT2D eigenvalue weighted by Gasteiger charge is -2.24. The SMILES string of the molecule is Cc1cccc(C2=NN(C(=O)[C@H]3CCCO3)[C@@H](c3cccc(F)c3)C2)c1. The van der Waals surface area contributed by atoms with E-state index in [2.05, 4.69) is 11.2 Å². The van der Waals surface area contributed by atoms with Crippen LogP contribution in [0.25, 0.3) is 0 Å². The van der Waals surface area contributed by atoms with Crippen LogP contribution in [0.3, 0.4) is 0 Å². The first kappa shape index (κ1) is 16.9. The van der Waals surface area contributed by atoms with Gasteiger partial charge in [0.1, 0.15) is 11.9 Å². The highest BCUT2D eigenvalue weighted by Gasteiger charge is 2.38. The smallest absolute Gasteiger partial charge is 0.272 e. The van der Waals surface area contributed by atoms with E-state index in [-0.39, 0.29) is 17.8 Å². The zero-order chi connectivity index (χ0) is 18.1. The maximum Gasteiger partial charge on any atom is 0.272 e. The lowest BCUT2D eigenvalue weighted by Crippen LogP contribution is -2.35. The van der Waals surface area contributed by atoms with Gasteiger partial charge in [-0.25, -0.2) is 9.40 Å². The molecule has 0 bridgehead atoms. The van der Waals surface area contributed by atoms with Gasteiger partial charge in [-0.15, -0.1) is 0 Å². The van der Waals surface area contributed by atoms with Gasteiger partial charge >= 0.3 is 0 Å². The van der Waals surface area contributed by atoms with E-state index >= 15 is 0 Å². The zero-order valence-corrected chi connectivity index (χ0v) is 14.7. The van der Waals surface area contributed by atoms with Gasteiger partial charge in [0.25, 0.3) is 5.91 Å². The molecule has 1 amide bonds. The van der Waals surface area contributed by atoms with Crippen LogP contribution in [-0.4, -0.2) is 29.3 Å². The number of amides is 1. The highest BCUT2D eigenvalue weighted by Crippen LogP contribution is 2.34. The minimum Gasteiger partial charge on any atom is -0.368 e. The van der Waals surface area contributed by atoms with E-state index in [4.69, 9.17) is 4.74 Å². The molecule has 0 spiro atoms. The summed E-state index contributed by atoms with van der Waals surface area (Å²) in [5.74, 6) is -0.449. The number of halogens is 1. The Labute approximate surface area is 152 Å². The van der Waals surface area contributed by atoms with Crippen molar-refractivity contribution in [3.8, 4) is 0 Å². The molecule has 2 aliphatic rings. The average Bonchev–Trinajstić information content (AvgIpc) is 3.31. The van der Waals surface area contributed by atoms with E-state index in [0.717, 1.165) is 28.8 Å². The van der Waals surface area contributed by atoms with Crippen molar-refractivity contribution in [3.63, 3.8) is 0 Å². The number of aryl methyl sites for hydroxylation is 1. The number of hydrogen-bond donors (Lipinski definition) is 0. The fourth-order valence-electron chi connectivity index (χ4n) is 3.61. The van der Waals surface area contributed by atoms with Crippen LogP contribution in [0.1, 0.15) is 42.0 Å². The second kappa shape index (κ2) is 7.00. The molecule has 2 heterocycles. The van der Waals surface area contributed by atoms with Crippen LogP contribution in [0.15, 0.2) is 53.6 Å². The Kier molecular flexibility index (Phi) is 4.55. The summed E-state index contributed by atoms with van der Waals surface area (Å²) in [6.45, 7) is 2.63. The predicted molar refractivity (Wildman–Crippen MR) is 97.3 cm³/mol. The zero-order valence-electron chi connectivity index (χ0n) is 14.7. The molecule has 0 radical (unpaired) electrons. The van der Waals surface area contributed by atoms with Gasteiger partial charge in [0.05, 0.1) is 11.8 Å². The van der Waals surface area contributed by atoms with Gasteiger partial charge in [-0.2, -0.15) is 5.10 Å². The summed E-state index contributed by atoms with van der Waals surface area (Å²) in [6, 6.07) is 14.2. The van der Waals surface area contributed by atoms with Crippen LogP contribution < -0.4 is 0 Å². The van der Waals surface area contributed by atoms with Crippen LogP contribution in [0.2, 0.25) is 0 Å². The first-order valence-electron chi connectivity index (χ1n) is 8.96. The monoisotopic (exact) mass is 352 g/mol. The highest BCUT2D eigenvalue weighted by atomic mass is 19.1. The number of carbonyl (C=O) groups excluding carboxylic acids is 1. The Morgan fingerprint density at radius 1 is 1.23 bits per heavy atom. The molecule has 2 aromatic rings. The Hall–Kier alpha value is -2.53. The maximum atomic E-state index is 13.8. The van der Waals surface area contributed by atoms with E-state index in [0.29, 0.717) is 19.4 Å². The fourth-order valence-corrected chi connectivity index (χ4v) is 3.61. The Morgan fingerprint density at radius 2 is 2.08 bits per heavy atom. The van der Waals surface area contributed by atoms with Crippen molar-refractivity contribution in [1.82, 2.24) is 5.01 Å². The molecule has 4 rings (SSSR count). The normalized spacial score (nSPS) is 22.5. The minimum absolute atomic E-state index is 0.139. The second-order valence-electron chi connectivity index (χ2n) is 6.88. The summed E-state index contributed by atoms with van der Waals surface area (Å²) in [5.41, 5.74) is 3.72. The van der Waals surface area contributed by atoms with Crippen molar-refractivity contribution >= 4 is 11.6 Å². The van der Waals surface area contributed by atoms with E-state index in [1.807, 2.05) is 31.2 Å². The lowest BCUT2D eigenvalue weighted by molar-refractivity contribution is -0.142. The predicted octanol–water partition coefficient (Wildman–Crippen LogP) is 3.99. The average molecular weight is 352 g/mol. The van der Waals surface area contributed by atoms with Crippen molar-refractivity contribution in [2.24, 2.45) is 5.10 Å². The molecule has 4 nitrogen and oxygen atoms in total.